The Bertz CT molecular complexity index is 3000. The van der Waals surface area contributed by atoms with E-state index in [-0.39, 0.29) is 10.8 Å². The van der Waals surface area contributed by atoms with Gasteiger partial charge in [0.25, 0.3) is 0 Å². The molecule has 5 atom stereocenters. The molecule has 2 spiro atoms. The van der Waals surface area contributed by atoms with Gasteiger partial charge in [0.05, 0.1) is 5.69 Å². The van der Waals surface area contributed by atoms with Crippen molar-refractivity contribution in [2.24, 2.45) is 23.7 Å². The van der Waals surface area contributed by atoms with E-state index in [2.05, 4.69) is 170 Å². The molecule has 288 valence electrons. The SMILES string of the molecule is C[C@@H]1C2CC1C[C@@]1(c3ccccc3-c3cc(N(c4ccc(-c5cccc6c5oc5ccccc56)cc4)c4cccc5c4-c4ccccc4C54CCCC4)ccc31)[C@@H](C)C2. The fraction of sp³-hybridized carbons (Fsp3) is 0.263. The van der Waals surface area contributed by atoms with Gasteiger partial charge in [-0.25, -0.2) is 0 Å². The zero-order valence-corrected chi connectivity index (χ0v) is 34.0. The molecule has 59 heavy (non-hydrogen) atoms. The number of fused-ring (bicyclic) bond motifs is 12. The zero-order valence-electron chi connectivity index (χ0n) is 34.0. The lowest BCUT2D eigenvalue weighted by Gasteiger charge is -2.42. The Kier molecular flexibility index (Phi) is 7.12. The minimum absolute atomic E-state index is 0.0700. The van der Waals surface area contributed by atoms with Crippen LogP contribution >= 0.6 is 0 Å². The molecule has 0 N–H and O–H groups in total. The molecule has 2 nitrogen and oxygen atoms in total. The lowest BCUT2D eigenvalue weighted by atomic mass is 9.62. The smallest absolute Gasteiger partial charge is 0.143 e. The molecule has 1 heterocycles. The van der Waals surface area contributed by atoms with Crippen LogP contribution in [0.15, 0.2) is 156 Å². The molecule has 0 radical (unpaired) electrons. The van der Waals surface area contributed by atoms with E-state index >= 15 is 0 Å². The summed E-state index contributed by atoms with van der Waals surface area (Å²) in [5.41, 5.74) is 19.8. The number of para-hydroxylation sites is 2. The van der Waals surface area contributed by atoms with Gasteiger partial charge >= 0.3 is 0 Å². The Morgan fingerprint density at radius 3 is 2.07 bits per heavy atom. The Balaban J connectivity index is 1.01. The molecule has 0 aliphatic heterocycles. The number of furan rings is 1. The summed E-state index contributed by atoms with van der Waals surface area (Å²) < 4.78 is 6.52. The molecule has 6 aliphatic carbocycles. The largest absolute Gasteiger partial charge is 0.455 e. The number of hydrogen-bond acceptors (Lipinski definition) is 2. The predicted molar refractivity (Wildman–Crippen MR) is 244 cm³/mol. The molecule has 2 bridgehead atoms. The van der Waals surface area contributed by atoms with Crippen molar-refractivity contribution in [1.29, 1.82) is 0 Å². The molecule has 8 aromatic rings. The zero-order chi connectivity index (χ0) is 39.0. The van der Waals surface area contributed by atoms with Crippen LogP contribution in [-0.2, 0) is 10.8 Å². The summed E-state index contributed by atoms with van der Waals surface area (Å²) >= 11 is 0. The highest BCUT2D eigenvalue weighted by Gasteiger charge is 2.55. The maximum atomic E-state index is 6.52. The standard InChI is InChI=1S/C57H49NO/c1-35-31-38-32-39(36(38)2)34-57(35)49-19-7-3-13-43(49)47-33-41(27-28-50(47)57)58(52-21-12-20-51-54(52)46-15-4-6-18-48(46)56(51)29-9-10-30-56)40-25-23-37(24-26-40)42-16-11-17-45-44-14-5-8-22-53(44)59-55(42)45/h3-8,11-28,33,35-36,38-39H,9-10,29-32,34H2,1-2H3/t35-,36+,38?,39?,57-/m0/s1. The maximum absolute atomic E-state index is 6.52. The maximum Gasteiger partial charge on any atom is 0.143 e. The third-order valence-corrected chi connectivity index (χ3v) is 16.4. The van der Waals surface area contributed by atoms with Crippen molar-refractivity contribution in [3.05, 3.63) is 174 Å². The second kappa shape index (κ2) is 12.3. The number of hydrogen-bond donors (Lipinski definition) is 0. The molecule has 0 amide bonds. The van der Waals surface area contributed by atoms with Crippen molar-refractivity contribution >= 4 is 39.0 Å². The van der Waals surface area contributed by atoms with E-state index in [1.54, 1.807) is 11.1 Å². The van der Waals surface area contributed by atoms with Gasteiger partial charge in [0.15, 0.2) is 0 Å². The van der Waals surface area contributed by atoms with Gasteiger partial charge in [-0.05, 0) is 137 Å². The number of anilines is 3. The van der Waals surface area contributed by atoms with E-state index in [0.29, 0.717) is 5.92 Å². The van der Waals surface area contributed by atoms with Gasteiger partial charge in [-0.15, -0.1) is 0 Å². The van der Waals surface area contributed by atoms with Crippen LogP contribution in [-0.4, -0.2) is 0 Å². The van der Waals surface area contributed by atoms with Crippen molar-refractivity contribution in [3.63, 3.8) is 0 Å². The Hall–Kier alpha value is -5.86. The molecule has 7 aromatic carbocycles. The van der Waals surface area contributed by atoms with Crippen LogP contribution < -0.4 is 4.90 Å². The Morgan fingerprint density at radius 2 is 1.22 bits per heavy atom. The Labute approximate surface area is 347 Å². The van der Waals surface area contributed by atoms with Crippen LogP contribution in [0.5, 0.6) is 0 Å². The molecule has 1 aromatic heterocycles. The summed E-state index contributed by atoms with van der Waals surface area (Å²) in [6, 6.07) is 57.7. The van der Waals surface area contributed by atoms with Gasteiger partial charge in [0.1, 0.15) is 11.2 Å². The summed E-state index contributed by atoms with van der Waals surface area (Å²) in [6.07, 6.45) is 9.00. The first-order valence-corrected chi connectivity index (χ1v) is 22.3. The summed E-state index contributed by atoms with van der Waals surface area (Å²) in [5.74, 6) is 3.11. The van der Waals surface area contributed by atoms with E-state index in [4.69, 9.17) is 4.42 Å². The summed E-state index contributed by atoms with van der Waals surface area (Å²) in [7, 11) is 0. The van der Waals surface area contributed by atoms with Gasteiger partial charge in [0.2, 0.25) is 0 Å². The highest BCUT2D eigenvalue weighted by Crippen LogP contribution is 2.65. The van der Waals surface area contributed by atoms with Gasteiger partial charge in [0, 0.05) is 44.1 Å². The average molecular weight is 764 g/mol. The molecule has 2 unspecified atom stereocenters. The second-order valence-corrected chi connectivity index (χ2v) is 18.9. The first-order valence-electron chi connectivity index (χ1n) is 22.3. The van der Waals surface area contributed by atoms with E-state index in [0.717, 1.165) is 50.8 Å². The molecule has 4 fully saturated rings. The van der Waals surface area contributed by atoms with E-state index in [9.17, 15) is 0 Å². The third kappa shape index (κ3) is 4.53. The monoisotopic (exact) mass is 763 g/mol. The highest BCUT2D eigenvalue weighted by molar-refractivity contribution is 6.09. The molecular formula is C57H49NO. The molecule has 14 rings (SSSR count). The van der Waals surface area contributed by atoms with Gasteiger partial charge < -0.3 is 9.32 Å². The molecule has 6 aliphatic rings. The number of benzene rings is 7. The van der Waals surface area contributed by atoms with Gasteiger partial charge in [-0.2, -0.15) is 0 Å². The van der Waals surface area contributed by atoms with Crippen molar-refractivity contribution in [2.45, 2.75) is 69.6 Å². The molecular weight excluding hydrogens is 715 g/mol. The second-order valence-electron chi connectivity index (χ2n) is 18.9. The average Bonchev–Trinajstić information content (AvgIpc) is 4.02. The van der Waals surface area contributed by atoms with Crippen LogP contribution in [0.1, 0.15) is 81.0 Å². The summed E-state index contributed by atoms with van der Waals surface area (Å²) in [5, 5.41) is 2.32. The predicted octanol–water partition coefficient (Wildman–Crippen LogP) is 15.5. The van der Waals surface area contributed by atoms with Crippen LogP contribution in [0.3, 0.4) is 0 Å². The van der Waals surface area contributed by atoms with Crippen LogP contribution in [0.2, 0.25) is 0 Å². The minimum atomic E-state index is 0.0700. The Morgan fingerprint density at radius 1 is 0.542 bits per heavy atom. The van der Waals surface area contributed by atoms with Gasteiger partial charge in [-0.3, -0.25) is 0 Å². The first kappa shape index (κ1) is 34.0. The lowest BCUT2D eigenvalue weighted by Crippen LogP contribution is -2.36. The third-order valence-electron chi connectivity index (χ3n) is 16.4. The molecule has 2 heteroatoms. The quantitative estimate of drug-likeness (QED) is 0.177. The van der Waals surface area contributed by atoms with Crippen molar-refractivity contribution in [3.8, 4) is 33.4 Å². The first-order chi connectivity index (χ1) is 29.0. The lowest BCUT2D eigenvalue weighted by molar-refractivity contribution is 0.0882. The highest BCUT2D eigenvalue weighted by atomic mass is 16.3. The van der Waals surface area contributed by atoms with E-state index in [1.807, 2.05) is 0 Å². The number of rotatable bonds is 4. The van der Waals surface area contributed by atoms with E-state index in [1.165, 1.54) is 95.4 Å². The van der Waals surface area contributed by atoms with Crippen LogP contribution in [0, 0.1) is 23.7 Å². The van der Waals surface area contributed by atoms with Crippen molar-refractivity contribution in [1.82, 2.24) is 0 Å². The number of nitrogens with zero attached hydrogens (tertiary/aromatic N) is 1. The van der Waals surface area contributed by atoms with Crippen LogP contribution in [0.25, 0.3) is 55.3 Å². The van der Waals surface area contributed by atoms with Crippen LogP contribution in [0.4, 0.5) is 17.1 Å². The molecule has 0 saturated heterocycles. The van der Waals surface area contributed by atoms with Crippen molar-refractivity contribution in [2.75, 3.05) is 4.90 Å². The molecule has 4 saturated carbocycles. The van der Waals surface area contributed by atoms with Gasteiger partial charge in [-0.1, -0.05) is 142 Å². The minimum Gasteiger partial charge on any atom is -0.455 e. The van der Waals surface area contributed by atoms with Crippen molar-refractivity contribution < 1.29 is 4.42 Å². The summed E-state index contributed by atoms with van der Waals surface area (Å²) in [4.78, 5) is 2.58. The normalized spacial score (nSPS) is 24.2. The fourth-order valence-electron chi connectivity index (χ4n) is 13.5. The summed E-state index contributed by atoms with van der Waals surface area (Å²) in [6.45, 7) is 5.10. The van der Waals surface area contributed by atoms with E-state index < -0.39 is 0 Å². The fourth-order valence-corrected chi connectivity index (χ4v) is 13.5. The topological polar surface area (TPSA) is 16.4 Å².